The predicted octanol–water partition coefficient (Wildman–Crippen LogP) is 4.31. The molecule has 2 heterocycles. The molecule has 41 heavy (non-hydrogen) atoms. The lowest BCUT2D eigenvalue weighted by atomic mass is 10.1. The number of carbonyl (C=O) groups is 2. The Morgan fingerprint density at radius 1 is 1.07 bits per heavy atom. The lowest BCUT2D eigenvalue weighted by Gasteiger charge is -2.20. The zero-order chi connectivity index (χ0) is 29.8. The highest BCUT2D eigenvalue weighted by Crippen LogP contribution is 2.33. The van der Waals surface area contributed by atoms with Crippen molar-refractivity contribution in [2.24, 2.45) is 0 Å². The van der Waals surface area contributed by atoms with E-state index in [1.165, 1.54) is 6.33 Å². The molecule has 4 rings (SSSR count). The Kier molecular flexibility index (Phi) is 8.83. The van der Waals surface area contributed by atoms with Crippen LogP contribution in [0.2, 0.25) is 5.02 Å². The number of hydrogen-bond donors (Lipinski definition) is 3. The fourth-order valence-electron chi connectivity index (χ4n) is 3.95. The van der Waals surface area contributed by atoms with Crippen LogP contribution >= 0.6 is 11.6 Å². The average molecular weight is 599 g/mol. The van der Waals surface area contributed by atoms with Gasteiger partial charge in [-0.3, -0.25) is 9.59 Å². The van der Waals surface area contributed by atoms with Gasteiger partial charge in [-0.15, -0.1) is 0 Å². The highest BCUT2D eigenvalue weighted by molar-refractivity contribution is 7.91. The second-order valence-electron chi connectivity index (χ2n) is 10.5. The van der Waals surface area contributed by atoms with Gasteiger partial charge in [0.25, 0.3) is 5.91 Å². The van der Waals surface area contributed by atoms with E-state index < -0.39 is 21.5 Å². The third kappa shape index (κ3) is 8.41. The van der Waals surface area contributed by atoms with Gasteiger partial charge in [-0.25, -0.2) is 18.4 Å². The van der Waals surface area contributed by atoms with Crippen LogP contribution in [0.15, 0.2) is 61.1 Å². The van der Waals surface area contributed by atoms with Crippen LogP contribution in [-0.4, -0.2) is 58.9 Å². The second kappa shape index (κ2) is 12.1. The number of benzene rings is 2. The van der Waals surface area contributed by atoms with Crippen molar-refractivity contribution in [3.63, 3.8) is 0 Å². The van der Waals surface area contributed by atoms with Crippen molar-refractivity contribution in [3.05, 3.63) is 71.6 Å². The number of nitrogens with zero attached hydrogens (tertiary/aromatic N) is 3. The number of hydrogen-bond acceptors (Lipinski definition) is 8. The monoisotopic (exact) mass is 598 g/mol. The van der Waals surface area contributed by atoms with E-state index in [9.17, 15) is 18.0 Å². The van der Waals surface area contributed by atoms with Gasteiger partial charge in [0.15, 0.2) is 15.7 Å². The van der Waals surface area contributed by atoms with Crippen LogP contribution in [0.25, 0.3) is 11.0 Å². The maximum absolute atomic E-state index is 12.5. The quantitative estimate of drug-likeness (QED) is 0.245. The van der Waals surface area contributed by atoms with E-state index in [2.05, 4.69) is 25.9 Å². The van der Waals surface area contributed by atoms with Gasteiger partial charge in [0.2, 0.25) is 5.91 Å². The van der Waals surface area contributed by atoms with Crippen molar-refractivity contribution in [3.8, 4) is 11.5 Å². The van der Waals surface area contributed by atoms with Crippen molar-refractivity contribution >= 4 is 55.8 Å². The molecule has 3 N–H and O–H groups in total. The molecule has 13 heteroatoms. The molecule has 0 radical (unpaired) electrons. The first kappa shape index (κ1) is 29.8. The minimum Gasteiger partial charge on any atom is -0.456 e. The molecule has 2 amide bonds. The number of aromatic nitrogens is 3. The van der Waals surface area contributed by atoms with Gasteiger partial charge in [-0.2, -0.15) is 0 Å². The van der Waals surface area contributed by atoms with Gasteiger partial charge in [0.1, 0.15) is 29.1 Å². The molecule has 0 bridgehead atoms. The SMILES string of the molecule is CC(C)(C)NC(=O)c1cccc(Oc2ccc(Nc3ncnc4ccn(CCNC(=O)CS(C)(=O)=O)c34)cc2Cl)c1. The van der Waals surface area contributed by atoms with Gasteiger partial charge in [-0.1, -0.05) is 17.7 Å². The standard InChI is InChI=1S/C28H31ClN6O5S/c1-28(2,3)34-27(37)18-6-5-7-20(14-18)40-23-9-8-19(15-21(23)29)33-26-25-22(31-17-32-26)10-12-35(25)13-11-30-24(36)16-41(4,38)39/h5-10,12,14-15,17H,11,13,16H2,1-4H3,(H,30,36)(H,34,37)(H,31,32,33). The molecule has 0 aliphatic heterocycles. The molecule has 0 fully saturated rings. The number of sulfone groups is 1. The van der Waals surface area contributed by atoms with Crippen LogP contribution in [0.5, 0.6) is 11.5 Å². The maximum atomic E-state index is 12.5. The summed E-state index contributed by atoms with van der Waals surface area (Å²) < 4.78 is 30.5. The highest BCUT2D eigenvalue weighted by Gasteiger charge is 2.17. The first-order valence-electron chi connectivity index (χ1n) is 12.7. The maximum Gasteiger partial charge on any atom is 0.251 e. The molecule has 0 aliphatic rings. The average Bonchev–Trinajstić information content (AvgIpc) is 3.28. The van der Waals surface area contributed by atoms with Crippen molar-refractivity contribution < 1.29 is 22.7 Å². The summed E-state index contributed by atoms with van der Waals surface area (Å²) >= 11 is 6.54. The summed E-state index contributed by atoms with van der Waals surface area (Å²) in [6.45, 7) is 6.34. The van der Waals surface area contributed by atoms with E-state index in [1.807, 2.05) is 37.6 Å². The van der Waals surface area contributed by atoms with E-state index >= 15 is 0 Å². The molecular weight excluding hydrogens is 568 g/mol. The topological polar surface area (TPSA) is 144 Å². The largest absolute Gasteiger partial charge is 0.456 e. The van der Waals surface area contributed by atoms with E-state index in [0.717, 1.165) is 6.26 Å². The van der Waals surface area contributed by atoms with Gasteiger partial charge in [-0.05, 0) is 63.2 Å². The van der Waals surface area contributed by atoms with Crippen molar-refractivity contribution in [1.82, 2.24) is 25.2 Å². The van der Waals surface area contributed by atoms with Crippen LogP contribution in [-0.2, 0) is 21.2 Å². The van der Waals surface area contributed by atoms with Gasteiger partial charge in [0.05, 0.1) is 10.5 Å². The molecule has 0 aliphatic carbocycles. The molecule has 11 nitrogen and oxygen atoms in total. The summed E-state index contributed by atoms with van der Waals surface area (Å²) in [7, 11) is -3.40. The van der Waals surface area contributed by atoms with E-state index in [-0.39, 0.29) is 18.0 Å². The van der Waals surface area contributed by atoms with Crippen molar-refractivity contribution in [2.75, 3.05) is 23.9 Å². The Morgan fingerprint density at radius 3 is 2.56 bits per heavy atom. The lowest BCUT2D eigenvalue weighted by Crippen LogP contribution is -2.40. The second-order valence-corrected chi connectivity index (χ2v) is 13.0. The van der Waals surface area contributed by atoms with Crippen LogP contribution in [0, 0.1) is 0 Å². The van der Waals surface area contributed by atoms with Gasteiger partial charge < -0.3 is 25.3 Å². The molecule has 0 atom stereocenters. The Bertz CT molecular complexity index is 1700. The number of anilines is 2. The summed E-state index contributed by atoms with van der Waals surface area (Å²) in [6, 6.07) is 13.9. The third-order valence-corrected chi connectivity index (χ3v) is 6.71. The molecule has 0 unspecified atom stereocenters. The summed E-state index contributed by atoms with van der Waals surface area (Å²) in [5.74, 6) is 0.0686. The molecule has 216 valence electrons. The number of fused-ring (bicyclic) bond motifs is 1. The van der Waals surface area contributed by atoms with Crippen LogP contribution in [0.4, 0.5) is 11.5 Å². The Labute approximate surface area is 243 Å². The molecule has 4 aromatic rings. The zero-order valence-electron chi connectivity index (χ0n) is 23.1. The van der Waals surface area contributed by atoms with Gasteiger partial charge >= 0.3 is 0 Å². The molecule has 0 saturated carbocycles. The zero-order valence-corrected chi connectivity index (χ0v) is 24.6. The minimum atomic E-state index is -3.40. The first-order chi connectivity index (χ1) is 19.3. The number of carbonyl (C=O) groups excluding carboxylic acids is 2. The summed E-state index contributed by atoms with van der Waals surface area (Å²) in [6.07, 6.45) is 4.26. The number of amides is 2. The molecule has 0 saturated heterocycles. The lowest BCUT2D eigenvalue weighted by molar-refractivity contribution is -0.118. The predicted molar refractivity (Wildman–Crippen MR) is 159 cm³/mol. The van der Waals surface area contributed by atoms with Crippen molar-refractivity contribution in [1.29, 1.82) is 0 Å². The summed E-state index contributed by atoms with van der Waals surface area (Å²) in [5.41, 5.74) is 2.14. The molecule has 2 aromatic carbocycles. The summed E-state index contributed by atoms with van der Waals surface area (Å²) in [4.78, 5) is 33.1. The Morgan fingerprint density at radius 2 is 1.85 bits per heavy atom. The Balaban J connectivity index is 1.46. The fourth-order valence-corrected chi connectivity index (χ4v) is 4.75. The van der Waals surface area contributed by atoms with Gasteiger partial charge in [0, 0.05) is 42.3 Å². The van der Waals surface area contributed by atoms with Crippen LogP contribution < -0.4 is 20.7 Å². The van der Waals surface area contributed by atoms with Crippen LogP contribution in [0.3, 0.4) is 0 Å². The van der Waals surface area contributed by atoms with Crippen molar-refractivity contribution in [2.45, 2.75) is 32.9 Å². The highest BCUT2D eigenvalue weighted by atomic mass is 35.5. The number of nitrogens with one attached hydrogen (secondary N) is 3. The van der Waals surface area contributed by atoms with Crippen LogP contribution in [0.1, 0.15) is 31.1 Å². The van der Waals surface area contributed by atoms with E-state index in [4.69, 9.17) is 16.3 Å². The smallest absolute Gasteiger partial charge is 0.251 e. The molecule has 2 aromatic heterocycles. The van der Waals surface area contributed by atoms with E-state index in [0.29, 0.717) is 51.2 Å². The number of ether oxygens (including phenoxy) is 1. The Hall–Kier alpha value is -4.16. The fraction of sp³-hybridized carbons (Fsp3) is 0.286. The minimum absolute atomic E-state index is 0.203. The van der Waals surface area contributed by atoms with E-state index in [1.54, 1.807) is 42.5 Å². The first-order valence-corrected chi connectivity index (χ1v) is 15.1. The number of rotatable bonds is 10. The normalized spacial score (nSPS) is 11.7. The molecular formula is C28H31ClN6O5S. The summed E-state index contributed by atoms with van der Waals surface area (Å²) in [5, 5.41) is 9.13. The third-order valence-electron chi connectivity index (χ3n) is 5.63. The molecule has 0 spiro atoms. The number of halogens is 1.